The van der Waals surface area contributed by atoms with Crippen LogP contribution in [0.4, 0.5) is 39.5 Å². The number of phenols is 3. The van der Waals surface area contributed by atoms with Crippen LogP contribution in [-0.2, 0) is 38.2 Å². The minimum absolute atomic E-state index is 0.0737. The van der Waals surface area contributed by atoms with E-state index in [1.807, 2.05) is 0 Å². The molecule has 0 amide bonds. The van der Waals surface area contributed by atoms with Crippen LogP contribution >= 0.6 is 34.8 Å². The molecule has 9 aromatic rings. The van der Waals surface area contributed by atoms with Crippen molar-refractivity contribution in [3.8, 4) is 51.6 Å². The molecule has 0 spiro atoms. The maximum absolute atomic E-state index is 12.6. The normalized spacial score (nSPS) is 11.7. The smallest absolute Gasteiger partial charge is 0.437 e. The Bertz CT molecular complexity index is 3260. The van der Waals surface area contributed by atoms with E-state index in [1.165, 1.54) is 54.6 Å². The van der Waals surface area contributed by atoms with Crippen molar-refractivity contribution >= 4 is 34.8 Å². The van der Waals surface area contributed by atoms with E-state index in [4.69, 9.17) is 48.1 Å². The molecule has 0 bridgehead atoms. The summed E-state index contributed by atoms with van der Waals surface area (Å²) in [5.74, 6) is -3.03. The van der Waals surface area contributed by atoms with Crippen LogP contribution in [0.3, 0.4) is 0 Å². The molecule has 0 unspecified atom stereocenters. The Kier molecular flexibility index (Phi) is 16.1. The van der Waals surface area contributed by atoms with Gasteiger partial charge in [0.25, 0.3) is 0 Å². The number of rotatable bonds is 9. The largest absolute Gasteiger partial charge is 0.508 e. The average Bonchev–Trinajstić information content (AvgIpc) is 4.04. The first-order valence-electron chi connectivity index (χ1n) is 20.9. The summed E-state index contributed by atoms with van der Waals surface area (Å²) >= 11 is 17.5. The standard InChI is InChI=1S/3C16H10ClF3N2O3/c3*17-12-5-6-13(23)10(7-12)8-22-15(24)25-14(21-22)9-1-3-11(4-2-9)16(18,19)20/h3*1-7,23H,8H2. The van der Waals surface area contributed by atoms with Crippen LogP contribution in [0.25, 0.3) is 34.4 Å². The molecule has 0 saturated carbocycles. The molecular formula is C48H30Cl3F9N6O9. The van der Waals surface area contributed by atoms with Crippen molar-refractivity contribution in [2.45, 2.75) is 38.2 Å². The Morgan fingerprint density at radius 3 is 0.827 bits per heavy atom. The Labute approximate surface area is 428 Å². The molecule has 15 nitrogen and oxygen atoms in total. The molecule has 0 atom stereocenters. The van der Waals surface area contributed by atoms with Gasteiger partial charge in [0.1, 0.15) is 17.2 Å². The molecule has 9 rings (SSSR count). The lowest BCUT2D eigenvalue weighted by Crippen LogP contribution is -2.16. The van der Waals surface area contributed by atoms with E-state index in [0.29, 0.717) is 31.8 Å². The van der Waals surface area contributed by atoms with Gasteiger partial charge in [-0.1, -0.05) is 34.8 Å². The predicted molar refractivity (Wildman–Crippen MR) is 250 cm³/mol. The van der Waals surface area contributed by atoms with Crippen LogP contribution in [0.2, 0.25) is 15.1 Å². The van der Waals surface area contributed by atoms with Gasteiger partial charge in [0, 0.05) is 48.4 Å². The van der Waals surface area contributed by atoms with Crippen molar-refractivity contribution < 1.29 is 68.1 Å². The van der Waals surface area contributed by atoms with Gasteiger partial charge in [-0.3, -0.25) is 0 Å². The number of nitrogens with zero attached hydrogens (tertiary/aromatic N) is 6. The summed E-state index contributed by atoms with van der Waals surface area (Å²) < 4.78 is 131. The van der Waals surface area contributed by atoms with E-state index in [-0.39, 0.29) is 71.2 Å². The van der Waals surface area contributed by atoms with Crippen molar-refractivity contribution in [2.75, 3.05) is 0 Å². The first-order chi connectivity index (χ1) is 35.2. The van der Waals surface area contributed by atoms with Crippen molar-refractivity contribution in [1.29, 1.82) is 0 Å². The van der Waals surface area contributed by atoms with Crippen LogP contribution in [0.15, 0.2) is 155 Å². The van der Waals surface area contributed by atoms with Crippen LogP contribution in [0, 0.1) is 0 Å². The summed E-state index contributed by atoms with van der Waals surface area (Å²) in [4.78, 5) is 35.6. The second kappa shape index (κ2) is 22.1. The fourth-order valence-corrected chi connectivity index (χ4v) is 7.08. The Morgan fingerprint density at radius 1 is 0.387 bits per heavy atom. The third-order valence-corrected chi connectivity index (χ3v) is 11.0. The van der Waals surface area contributed by atoms with Gasteiger partial charge in [0.15, 0.2) is 0 Å². The summed E-state index contributed by atoms with van der Waals surface area (Å²) in [6, 6.07) is 25.2. The van der Waals surface area contributed by atoms with E-state index >= 15 is 0 Å². The Balaban J connectivity index is 0.000000164. The summed E-state index contributed by atoms with van der Waals surface area (Å²) in [5, 5.41) is 42.3. The highest BCUT2D eigenvalue weighted by molar-refractivity contribution is 6.31. The predicted octanol–water partition coefficient (Wildman–Crippen LogP) is 11.8. The number of phenolic OH excluding ortho intramolecular Hbond substituents is 3. The van der Waals surface area contributed by atoms with Crippen molar-refractivity contribution in [2.24, 2.45) is 0 Å². The lowest BCUT2D eigenvalue weighted by molar-refractivity contribution is -0.138. The van der Waals surface area contributed by atoms with Crippen molar-refractivity contribution in [3.05, 3.63) is 207 Å². The molecule has 3 aromatic heterocycles. The lowest BCUT2D eigenvalue weighted by atomic mass is 10.1. The molecule has 0 aliphatic carbocycles. The fourth-order valence-electron chi connectivity index (χ4n) is 6.50. The number of aromatic nitrogens is 6. The summed E-state index contributed by atoms with van der Waals surface area (Å²) in [6.45, 7) is -0.305. The van der Waals surface area contributed by atoms with E-state index in [0.717, 1.165) is 86.8 Å². The molecule has 3 heterocycles. The van der Waals surface area contributed by atoms with Crippen LogP contribution in [0.5, 0.6) is 17.2 Å². The van der Waals surface area contributed by atoms with Gasteiger partial charge < -0.3 is 28.6 Å². The van der Waals surface area contributed by atoms with Gasteiger partial charge in [-0.2, -0.15) is 53.6 Å². The number of aromatic hydroxyl groups is 3. The van der Waals surface area contributed by atoms with E-state index in [9.17, 15) is 69.2 Å². The monoisotopic (exact) mass is 1110 g/mol. The molecule has 0 fully saturated rings. The molecule has 390 valence electrons. The summed E-state index contributed by atoms with van der Waals surface area (Å²) in [6.07, 6.45) is -13.4. The number of hydrogen-bond acceptors (Lipinski definition) is 12. The molecule has 6 aromatic carbocycles. The van der Waals surface area contributed by atoms with Crippen molar-refractivity contribution in [1.82, 2.24) is 29.3 Å². The van der Waals surface area contributed by atoms with Crippen LogP contribution < -0.4 is 17.3 Å². The van der Waals surface area contributed by atoms with E-state index < -0.39 is 52.5 Å². The fraction of sp³-hybridized carbons (Fsp3) is 0.125. The zero-order valence-corrected chi connectivity index (χ0v) is 39.5. The SMILES string of the molecule is O=c1oc(-c2ccc(C(F)(F)F)cc2)nn1Cc1cc(Cl)ccc1O.O=c1oc(-c2ccc(C(F)(F)F)cc2)nn1Cc1cc(Cl)ccc1O.O=c1oc(-c2ccc(C(F)(F)F)cc2)nn1Cc1cc(Cl)ccc1O. The highest BCUT2D eigenvalue weighted by atomic mass is 35.5. The topological polar surface area (TPSA) is 205 Å². The molecule has 75 heavy (non-hydrogen) atoms. The summed E-state index contributed by atoms with van der Waals surface area (Å²) in [7, 11) is 0. The number of alkyl halides is 9. The van der Waals surface area contributed by atoms with Gasteiger partial charge >= 0.3 is 35.8 Å². The van der Waals surface area contributed by atoms with Gasteiger partial charge in [0.05, 0.1) is 36.3 Å². The lowest BCUT2D eigenvalue weighted by Gasteiger charge is -2.06. The van der Waals surface area contributed by atoms with Crippen molar-refractivity contribution in [3.63, 3.8) is 0 Å². The first kappa shape index (κ1) is 54.6. The van der Waals surface area contributed by atoms with Gasteiger partial charge in [-0.15, -0.1) is 15.3 Å². The number of halogens is 12. The maximum atomic E-state index is 12.6. The third-order valence-electron chi connectivity index (χ3n) is 10.3. The minimum atomic E-state index is -4.46. The minimum Gasteiger partial charge on any atom is -0.508 e. The third kappa shape index (κ3) is 13.9. The molecule has 0 radical (unpaired) electrons. The Hall–Kier alpha value is -8.22. The molecule has 0 aliphatic heterocycles. The quantitative estimate of drug-likeness (QED) is 0.116. The zero-order chi connectivity index (χ0) is 54.6. The first-order valence-corrected chi connectivity index (χ1v) is 22.0. The highest BCUT2D eigenvalue weighted by Gasteiger charge is 2.32. The maximum Gasteiger partial charge on any atom is 0.437 e. The number of hydrogen-bond donors (Lipinski definition) is 3. The molecular weight excluding hydrogens is 1080 g/mol. The summed E-state index contributed by atoms with van der Waals surface area (Å²) in [5.41, 5.74) is -0.742. The highest BCUT2D eigenvalue weighted by Crippen LogP contribution is 2.34. The molecule has 27 heteroatoms. The van der Waals surface area contributed by atoms with E-state index in [2.05, 4.69) is 15.3 Å². The van der Waals surface area contributed by atoms with Crippen LogP contribution in [0.1, 0.15) is 33.4 Å². The molecule has 3 N–H and O–H groups in total. The second-order valence-corrected chi connectivity index (χ2v) is 16.8. The average molecular weight is 1110 g/mol. The number of benzene rings is 6. The van der Waals surface area contributed by atoms with E-state index in [1.54, 1.807) is 0 Å². The zero-order valence-electron chi connectivity index (χ0n) is 37.3. The van der Waals surface area contributed by atoms with Gasteiger partial charge in [0.2, 0.25) is 17.7 Å². The molecule has 0 aliphatic rings. The van der Waals surface area contributed by atoms with Gasteiger partial charge in [-0.25, -0.2) is 14.4 Å². The van der Waals surface area contributed by atoms with Gasteiger partial charge in [-0.05, 0) is 127 Å². The molecule has 0 saturated heterocycles. The Morgan fingerprint density at radius 2 is 0.613 bits per heavy atom. The van der Waals surface area contributed by atoms with Crippen LogP contribution in [-0.4, -0.2) is 44.7 Å². The second-order valence-electron chi connectivity index (χ2n) is 15.5.